The highest BCUT2D eigenvalue weighted by molar-refractivity contribution is 5.92. The summed E-state index contributed by atoms with van der Waals surface area (Å²) in [6.07, 6.45) is -0.971. The van der Waals surface area contributed by atoms with E-state index in [1.165, 1.54) is 4.90 Å². The van der Waals surface area contributed by atoms with E-state index in [-0.39, 0.29) is 5.91 Å². The second-order valence-corrected chi connectivity index (χ2v) is 5.05. The Balaban J connectivity index is 2.25. The lowest BCUT2D eigenvalue weighted by Crippen LogP contribution is -2.31. The van der Waals surface area contributed by atoms with Crippen molar-refractivity contribution in [2.45, 2.75) is 6.10 Å². The van der Waals surface area contributed by atoms with Gasteiger partial charge in [0.15, 0.2) is 0 Å². The number of amides is 1. The number of nitrogens with zero attached hydrogens (tertiary/aromatic N) is 1. The first-order valence-electron chi connectivity index (χ1n) is 6.81. The first-order valence-corrected chi connectivity index (χ1v) is 6.81. The Hall–Kier alpha value is -2.82. The van der Waals surface area contributed by atoms with Gasteiger partial charge in [0.25, 0.3) is 5.91 Å². The van der Waals surface area contributed by atoms with Crippen molar-refractivity contribution in [3.63, 3.8) is 0 Å². The number of carbonyl (C=O) groups is 2. The molecule has 2 N–H and O–H groups in total. The van der Waals surface area contributed by atoms with Crippen molar-refractivity contribution in [1.29, 1.82) is 0 Å². The topological polar surface area (TPSA) is 72.6 Å². The van der Waals surface area contributed by atoms with Crippen molar-refractivity contribution in [3.05, 3.63) is 65.7 Å². The molecule has 1 atom stereocenters. The van der Waals surface area contributed by atoms with E-state index in [1.54, 1.807) is 62.6 Å². The minimum absolute atomic E-state index is 0.296. The summed E-state index contributed by atoms with van der Waals surface area (Å²) in [6.45, 7) is 0. The second-order valence-electron chi connectivity index (χ2n) is 5.05. The number of hydrogen-bond donors (Lipinski definition) is 1. The zero-order valence-corrected chi connectivity index (χ0v) is 12.5. The number of nitrogen functional groups attached to an aromatic ring is 1. The molecule has 0 saturated heterocycles. The van der Waals surface area contributed by atoms with Gasteiger partial charge < -0.3 is 15.4 Å². The molecule has 0 aliphatic heterocycles. The van der Waals surface area contributed by atoms with Gasteiger partial charge in [-0.05, 0) is 24.3 Å². The third kappa shape index (κ3) is 3.63. The molecule has 0 radical (unpaired) electrons. The maximum absolute atomic E-state index is 12.3. The van der Waals surface area contributed by atoms with Crippen LogP contribution in [0, 0.1) is 0 Å². The van der Waals surface area contributed by atoms with Crippen molar-refractivity contribution in [1.82, 2.24) is 4.90 Å². The Bertz CT molecular complexity index is 651. The summed E-state index contributed by atoms with van der Waals surface area (Å²) >= 11 is 0. The lowest BCUT2D eigenvalue weighted by atomic mass is 10.1. The summed E-state index contributed by atoms with van der Waals surface area (Å²) in [5, 5.41) is 0. The summed E-state index contributed by atoms with van der Waals surface area (Å²) in [7, 11) is 3.24. The molecule has 22 heavy (non-hydrogen) atoms. The van der Waals surface area contributed by atoms with Crippen molar-refractivity contribution >= 4 is 17.6 Å². The lowest BCUT2D eigenvalue weighted by molar-refractivity contribution is -0.138. The molecule has 114 valence electrons. The molecule has 0 aliphatic carbocycles. The zero-order valence-electron chi connectivity index (χ0n) is 12.5. The number of anilines is 1. The molecule has 5 nitrogen and oxygen atoms in total. The van der Waals surface area contributed by atoms with Crippen LogP contribution in [0.3, 0.4) is 0 Å². The van der Waals surface area contributed by atoms with Crippen LogP contribution in [0.15, 0.2) is 54.6 Å². The van der Waals surface area contributed by atoms with Gasteiger partial charge >= 0.3 is 5.97 Å². The smallest absolute Gasteiger partial charge is 0.339 e. The molecule has 0 aliphatic rings. The largest absolute Gasteiger partial charge is 0.444 e. The number of carbonyl (C=O) groups excluding carboxylic acids is 2. The summed E-state index contributed by atoms with van der Waals surface area (Å²) in [5.74, 6) is -0.862. The average Bonchev–Trinajstić information content (AvgIpc) is 2.53. The molecule has 1 amide bonds. The number of likely N-dealkylation sites (N-methyl/N-ethyl adjacent to an activating group) is 1. The molecule has 0 spiro atoms. The molecule has 0 bridgehead atoms. The fourth-order valence-corrected chi connectivity index (χ4v) is 1.92. The molecule has 0 aromatic heterocycles. The third-order valence-electron chi connectivity index (χ3n) is 3.14. The zero-order chi connectivity index (χ0) is 16.1. The van der Waals surface area contributed by atoms with E-state index in [0.717, 1.165) is 0 Å². The Kier molecular flexibility index (Phi) is 4.78. The van der Waals surface area contributed by atoms with Crippen molar-refractivity contribution in [3.8, 4) is 0 Å². The van der Waals surface area contributed by atoms with E-state index in [1.807, 2.05) is 6.07 Å². The van der Waals surface area contributed by atoms with Gasteiger partial charge in [-0.3, -0.25) is 4.79 Å². The van der Waals surface area contributed by atoms with Crippen LogP contribution in [0.25, 0.3) is 0 Å². The molecule has 0 fully saturated rings. The second kappa shape index (κ2) is 6.76. The minimum atomic E-state index is -0.971. The molecule has 2 aromatic carbocycles. The Morgan fingerprint density at radius 1 is 1.00 bits per heavy atom. The molecular formula is C17H18N2O3. The molecule has 2 aromatic rings. The number of esters is 1. The highest BCUT2D eigenvalue weighted by atomic mass is 16.5. The molecule has 2 rings (SSSR count). The number of benzene rings is 2. The van der Waals surface area contributed by atoms with Crippen LogP contribution >= 0.6 is 0 Å². The molecule has 0 heterocycles. The van der Waals surface area contributed by atoms with E-state index in [2.05, 4.69) is 0 Å². The van der Waals surface area contributed by atoms with Crippen molar-refractivity contribution in [2.75, 3.05) is 19.8 Å². The number of rotatable bonds is 4. The van der Waals surface area contributed by atoms with Crippen LogP contribution in [0.5, 0.6) is 0 Å². The van der Waals surface area contributed by atoms with Crippen LogP contribution < -0.4 is 5.73 Å². The van der Waals surface area contributed by atoms with E-state index in [9.17, 15) is 9.59 Å². The normalized spacial score (nSPS) is 11.5. The highest BCUT2D eigenvalue weighted by Gasteiger charge is 2.26. The Labute approximate surface area is 129 Å². The van der Waals surface area contributed by atoms with Gasteiger partial charge in [0.1, 0.15) is 0 Å². The van der Waals surface area contributed by atoms with Gasteiger partial charge in [0.05, 0.1) is 5.56 Å². The molecular weight excluding hydrogens is 280 g/mol. The van der Waals surface area contributed by atoms with Crippen molar-refractivity contribution in [2.24, 2.45) is 0 Å². The number of ether oxygens (including phenoxy) is 1. The SMILES string of the molecule is CN(C)C(=O)[C@H](OC(=O)c1ccc(N)cc1)c1ccccc1. The maximum atomic E-state index is 12.3. The summed E-state index contributed by atoms with van der Waals surface area (Å²) < 4.78 is 5.41. The monoisotopic (exact) mass is 298 g/mol. The van der Waals surface area contributed by atoms with Gasteiger partial charge in [-0.15, -0.1) is 0 Å². The van der Waals surface area contributed by atoms with Crippen LogP contribution in [0.4, 0.5) is 5.69 Å². The van der Waals surface area contributed by atoms with Gasteiger partial charge in [-0.1, -0.05) is 30.3 Å². The fourth-order valence-electron chi connectivity index (χ4n) is 1.92. The maximum Gasteiger partial charge on any atom is 0.339 e. The Morgan fingerprint density at radius 2 is 1.59 bits per heavy atom. The average molecular weight is 298 g/mol. The van der Waals surface area contributed by atoms with E-state index >= 15 is 0 Å². The van der Waals surface area contributed by atoms with Crippen LogP contribution in [0.2, 0.25) is 0 Å². The van der Waals surface area contributed by atoms with E-state index < -0.39 is 12.1 Å². The van der Waals surface area contributed by atoms with Crippen molar-refractivity contribution < 1.29 is 14.3 Å². The first-order chi connectivity index (χ1) is 10.5. The predicted molar refractivity (Wildman–Crippen MR) is 84.1 cm³/mol. The van der Waals surface area contributed by atoms with Crippen LogP contribution in [-0.4, -0.2) is 30.9 Å². The number of hydrogen-bond acceptors (Lipinski definition) is 4. The Morgan fingerprint density at radius 3 is 2.14 bits per heavy atom. The van der Waals surface area contributed by atoms with Gasteiger partial charge in [-0.2, -0.15) is 0 Å². The quantitative estimate of drug-likeness (QED) is 0.694. The van der Waals surface area contributed by atoms with E-state index in [4.69, 9.17) is 10.5 Å². The predicted octanol–water partition coefficient (Wildman–Crippen LogP) is 2.26. The summed E-state index contributed by atoms with van der Waals surface area (Å²) in [4.78, 5) is 25.9. The third-order valence-corrected chi connectivity index (χ3v) is 3.14. The van der Waals surface area contributed by atoms with Gasteiger partial charge in [0, 0.05) is 25.3 Å². The van der Waals surface area contributed by atoms with Crippen LogP contribution in [-0.2, 0) is 9.53 Å². The first kappa shape index (κ1) is 15.6. The van der Waals surface area contributed by atoms with Gasteiger partial charge in [0.2, 0.25) is 6.10 Å². The number of nitrogens with two attached hydrogens (primary N) is 1. The highest BCUT2D eigenvalue weighted by Crippen LogP contribution is 2.21. The fraction of sp³-hybridized carbons (Fsp3) is 0.176. The molecule has 0 saturated carbocycles. The molecule has 5 heteroatoms. The summed E-state index contributed by atoms with van der Waals surface area (Å²) in [6, 6.07) is 15.3. The summed E-state index contributed by atoms with van der Waals surface area (Å²) in [5.41, 5.74) is 7.13. The molecule has 0 unspecified atom stereocenters. The van der Waals surface area contributed by atoms with E-state index in [0.29, 0.717) is 16.8 Å². The minimum Gasteiger partial charge on any atom is -0.444 e. The van der Waals surface area contributed by atoms with Gasteiger partial charge in [-0.25, -0.2) is 4.79 Å². The van der Waals surface area contributed by atoms with Crippen LogP contribution in [0.1, 0.15) is 22.0 Å². The standard InChI is InChI=1S/C17H18N2O3/c1-19(2)16(20)15(12-6-4-3-5-7-12)22-17(21)13-8-10-14(18)11-9-13/h3-11,15H,18H2,1-2H3/t15-/m1/s1. The lowest BCUT2D eigenvalue weighted by Gasteiger charge is -2.21.